The summed E-state index contributed by atoms with van der Waals surface area (Å²) in [5, 5.41) is 0. The summed E-state index contributed by atoms with van der Waals surface area (Å²) in [5.74, 6) is 0.847. The first kappa shape index (κ1) is 15.9. The van der Waals surface area contributed by atoms with Crippen molar-refractivity contribution in [3.8, 4) is 0 Å². The first-order valence-corrected chi connectivity index (χ1v) is 7.05. The van der Waals surface area contributed by atoms with Gasteiger partial charge in [0.05, 0.1) is 0 Å². The van der Waals surface area contributed by atoms with Crippen molar-refractivity contribution in [2.45, 2.75) is 65.3 Å². The number of hydrogen-bond donors (Lipinski definition) is 1. The van der Waals surface area contributed by atoms with Crippen LogP contribution in [0.25, 0.3) is 0 Å². The number of rotatable bonds is 10. The van der Waals surface area contributed by atoms with E-state index in [0.717, 1.165) is 18.5 Å². The molecule has 2 N–H and O–H groups in total. The molecule has 0 aliphatic heterocycles. The Hall–Kier alpha value is -0.0800. The van der Waals surface area contributed by atoms with E-state index in [1.54, 1.807) is 0 Å². The Bertz CT molecular complexity index is 148. The van der Waals surface area contributed by atoms with Crippen LogP contribution >= 0.6 is 0 Å². The molecule has 0 saturated heterocycles. The average Bonchev–Trinajstić information content (AvgIpc) is 2.28. The summed E-state index contributed by atoms with van der Waals surface area (Å²) in [6.07, 6.45) is 7.75. The zero-order valence-corrected chi connectivity index (χ0v) is 11.8. The zero-order chi connectivity index (χ0) is 12.4. The number of nitrogens with two attached hydrogens (primary N) is 1. The van der Waals surface area contributed by atoms with Crippen molar-refractivity contribution >= 4 is 0 Å². The van der Waals surface area contributed by atoms with Gasteiger partial charge in [-0.1, -0.05) is 26.7 Å². The Morgan fingerprint density at radius 3 is 2.31 bits per heavy atom. The van der Waals surface area contributed by atoms with Gasteiger partial charge in [-0.3, -0.25) is 0 Å². The third-order valence-electron chi connectivity index (χ3n) is 3.73. The molecular formula is C14H32N2. The van der Waals surface area contributed by atoms with Gasteiger partial charge in [0.2, 0.25) is 0 Å². The van der Waals surface area contributed by atoms with E-state index in [1.807, 2.05) is 0 Å². The van der Waals surface area contributed by atoms with Crippen molar-refractivity contribution in [1.29, 1.82) is 0 Å². The highest BCUT2D eigenvalue weighted by atomic mass is 15.1. The van der Waals surface area contributed by atoms with E-state index in [2.05, 4.69) is 32.7 Å². The van der Waals surface area contributed by atoms with Gasteiger partial charge in [-0.25, -0.2) is 0 Å². The van der Waals surface area contributed by atoms with Gasteiger partial charge < -0.3 is 10.6 Å². The minimum Gasteiger partial charge on any atom is -0.330 e. The third-order valence-corrected chi connectivity index (χ3v) is 3.73. The molecule has 0 saturated carbocycles. The summed E-state index contributed by atoms with van der Waals surface area (Å²) in [6, 6.07) is 0.736. The van der Waals surface area contributed by atoms with E-state index in [1.165, 1.54) is 45.1 Å². The van der Waals surface area contributed by atoms with Crippen molar-refractivity contribution in [2.24, 2.45) is 11.7 Å². The van der Waals surface area contributed by atoms with Gasteiger partial charge in [-0.2, -0.15) is 0 Å². The molecule has 2 nitrogen and oxygen atoms in total. The lowest BCUT2D eigenvalue weighted by Gasteiger charge is -2.25. The number of hydrogen-bond acceptors (Lipinski definition) is 2. The molecule has 0 heterocycles. The molecule has 0 bridgehead atoms. The van der Waals surface area contributed by atoms with E-state index in [0.29, 0.717) is 0 Å². The molecule has 2 unspecified atom stereocenters. The summed E-state index contributed by atoms with van der Waals surface area (Å²) < 4.78 is 0. The second kappa shape index (κ2) is 10.1. The minimum absolute atomic E-state index is 0.736. The summed E-state index contributed by atoms with van der Waals surface area (Å²) in [7, 11) is 2.25. The maximum absolute atomic E-state index is 5.61. The van der Waals surface area contributed by atoms with Gasteiger partial charge >= 0.3 is 0 Å². The fourth-order valence-electron chi connectivity index (χ4n) is 2.28. The van der Waals surface area contributed by atoms with Crippen LogP contribution in [-0.2, 0) is 0 Å². The monoisotopic (exact) mass is 228 g/mol. The van der Waals surface area contributed by atoms with Crippen LogP contribution in [-0.4, -0.2) is 31.1 Å². The fourth-order valence-corrected chi connectivity index (χ4v) is 2.28. The average molecular weight is 228 g/mol. The van der Waals surface area contributed by atoms with Crippen molar-refractivity contribution in [3.63, 3.8) is 0 Å². The molecule has 2 atom stereocenters. The molecule has 2 heteroatoms. The quantitative estimate of drug-likeness (QED) is 0.622. The van der Waals surface area contributed by atoms with Crippen LogP contribution in [0.5, 0.6) is 0 Å². The summed E-state index contributed by atoms with van der Waals surface area (Å²) in [4.78, 5) is 2.50. The van der Waals surface area contributed by atoms with Crippen molar-refractivity contribution in [2.75, 3.05) is 20.1 Å². The molecule has 98 valence electrons. The zero-order valence-electron chi connectivity index (χ0n) is 11.8. The Morgan fingerprint density at radius 1 is 1.12 bits per heavy atom. The van der Waals surface area contributed by atoms with Crippen molar-refractivity contribution in [3.05, 3.63) is 0 Å². The highest BCUT2D eigenvalue weighted by molar-refractivity contribution is 4.64. The Kier molecular flexibility index (Phi) is 10.0. The molecule has 0 aromatic carbocycles. The molecule has 0 fully saturated rings. The van der Waals surface area contributed by atoms with Crippen LogP contribution in [0.1, 0.15) is 59.3 Å². The van der Waals surface area contributed by atoms with Crippen LogP contribution in [0, 0.1) is 5.92 Å². The number of nitrogens with zero attached hydrogens (tertiary/aromatic N) is 1. The smallest absolute Gasteiger partial charge is 0.00637 e. The second-order valence-corrected chi connectivity index (χ2v) is 5.11. The van der Waals surface area contributed by atoms with Gasteiger partial charge in [-0.05, 0) is 58.7 Å². The SMILES string of the molecule is CCCC(C)N(C)CCCC(CC)CCN. The summed E-state index contributed by atoms with van der Waals surface area (Å²) in [5.41, 5.74) is 5.61. The van der Waals surface area contributed by atoms with Gasteiger partial charge in [0, 0.05) is 6.04 Å². The Morgan fingerprint density at radius 2 is 1.81 bits per heavy atom. The lowest BCUT2D eigenvalue weighted by atomic mass is 9.96. The first-order chi connectivity index (χ1) is 7.65. The van der Waals surface area contributed by atoms with Crippen LogP contribution in [0.4, 0.5) is 0 Å². The topological polar surface area (TPSA) is 29.3 Å². The Balaban J connectivity index is 3.62. The highest BCUT2D eigenvalue weighted by Crippen LogP contribution is 2.15. The van der Waals surface area contributed by atoms with Crippen LogP contribution in [0.15, 0.2) is 0 Å². The second-order valence-electron chi connectivity index (χ2n) is 5.11. The molecule has 0 aliphatic carbocycles. The molecule has 16 heavy (non-hydrogen) atoms. The highest BCUT2D eigenvalue weighted by Gasteiger charge is 2.09. The standard InChI is InChI=1S/C14H32N2/c1-5-8-13(3)16(4)12-7-9-14(6-2)10-11-15/h13-14H,5-12,15H2,1-4H3. The van der Waals surface area contributed by atoms with E-state index in [-0.39, 0.29) is 0 Å². The third kappa shape index (κ3) is 7.24. The molecule has 0 aromatic heterocycles. The lowest BCUT2D eigenvalue weighted by Crippen LogP contribution is -2.30. The normalized spacial score (nSPS) is 15.4. The summed E-state index contributed by atoms with van der Waals surface area (Å²) >= 11 is 0. The van der Waals surface area contributed by atoms with Crippen molar-refractivity contribution in [1.82, 2.24) is 4.90 Å². The van der Waals surface area contributed by atoms with Gasteiger partial charge in [-0.15, -0.1) is 0 Å². The molecule has 0 amide bonds. The molecule has 0 spiro atoms. The van der Waals surface area contributed by atoms with Gasteiger partial charge in [0.1, 0.15) is 0 Å². The van der Waals surface area contributed by atoms with Crippen LogP contribution in [0.2, 0.25) is 0 Å². The van der Waals surface area contributed by atoms with Crippen LogP contribution in [0.3, 0.4) is 0 Å². The largest absolute Gasteiger partial charge is 0.330 e. The molecular weight excluding hydrogens is 196 g/mol. The van der Waals surface area contributed by atoms with E-state index in [9.17, 15) is 0 Å². The van der Waals surface area contributed by atoms with Gasteiger partial charge in [0.15, 0.2) is 0 Å². The fraction of sp³-hybridized carbons (Fsp3) is 1.00. The molecule has 0 radical (unpaired) electrons. The van der Waals surface area contributed by atoms with Gasteiger partial charge in [0.25, 0.3) is 0 Å². The molecule has 0 rings (SSSR count). The predicted octanol–water partition coefficient (Wildman–Crippen LogP) is 3.26. The Labute approximate surface area is 103 Å². The summed E-state index contributed by atoms with van der Waals surface area (Å²) in [6.45, 7) is 8.96. The lowest BCUT2D eigenvalue weighted by molar-refractivity contribution is 0.233. The van der Waals surface area contributed by atoms with Crippen molar-refractivity contribution < 1.29 is 0 Å². The predicted molar refractivity (Wildman–Crippen MR) is 73.7 cm³/mol. The molecule has 0 aliphatic rings. The van der Waals surface area contributed by atoms with E-state index in [4.69, 9.17) is 5.73 Å². The molecule has 0 aromatic rings. The maximum Gasteiger partial charge on any atom is 0.00637 e. The van der Waals surface area contributed by atoms with E-state index >= 15 is 0 Å². The van der Waals surface area contributed by atoms with E-state index < -0.39 is 0 Å². The van der Waals surface area contributed by atoms with Crippen LogP contribution < -0.4 is 5.73 Å². The minimum atomic E-state index is 0.736. The first-order valence-electron chi connectivity index (χ1n) is 7.05. The maximum atomic E-state index is 5.61.